The fourth-order valence-electron chi connectivity index (χ4n) is 4.41. The van der Waals surface area contributed by atoms with Crippen molar-refractivity contribution in [3.63, 3.8) is 0 Å². The molecule has 0 aromatic heterocycles. The van der Waals surface area contributed by atoms with Crippen molar-refractivity contribution in [2.45, 2.75) is 78.4 Å². The molecule has 0 saturated heterocycles. The van der Waals surface area contributed by atoms with Gasteiger partial charge in [-0.05, 0) is 82.9 Å². The molecule has 0 saturated carbocycles. The molecule has 7 nitrogen and oxygen atoms in total. The van der Waals surface area contributed by atoms with E-state index in [0.29, 0.717) is 5.69 Å². The molecule has 40 heavy (non-hydrogen) atoms. The van der Waals surface area contributed by atoms with Crippen LogP contribution in [0.25, 0.3) is 0 Å². The van der Waals surface area contributed by atoms with Gasteiger partial charge in [0.25, 0.3) is 10.0 Å². The van der Waals surface area contributed by atoms with Gasteiger partial charge in [0.15, 0.2) is 0 Å². The third-order valence-electron chi connectivity index (χ3n) is 7.34. The lowest BCUT2D eigenvalue weighted by molar-refractivity contribution is -0.139. The number of anilines is 1. The maximum Gasteiger partial charge on any atom is 0.264 e. The number of nitrogens with zero attached hydrogens (tertiary/aromatic N) is 2. The van der Waals surface area contributed by atoms with Crippen molar-refractivity contribution in [2.75, 3.05) is 10.8 Å². The van der Waals surface area contributed by atoms with Gasteiger partial charge in [-0.25, -0.2) is 8.42 Å². The molecule has 2 atom stereocenters. The van der Waals surface area contributed by atoms with Gasteiger partial charge >= 0.3 is 0 Å². The van der Waals surface area contributed by atoms with Gasteiger partial charge in [0.2, 0.25) is 11.8 Å². The molecular formula is C32H41N3O4S. The highest BCUT2D eigenvalue weighted by molar-refractivity contribution is 7.92. The Morgan fingerprint density at radius 2 is 1.52 bits per heavy atom. The van der Waals surface area contributed by atoms with Gasteiger partial charge in [-0.15, -0.1) is 0 Å². The average molecular weight is 564 g/mol. The Bertz CT molecular complexity index is 1450. The van der Waals surface area contributed by atoms with Crippen LogP contribution in [0.1, 0.15) is 55.0 Å². The summed E-state index contributed by atoms with van der Waals surface area (Å²) in [6.45, 7) is 12.9. The second-order valence-corrected chi connectivity index (χ2v) is 12.4. The lowest BCUT2D eigenvalue weighted by atomic mass is 10.1. The molecule has 1 N–H and O–H groups in total. The fourth-order valence-corrected chi connectivity index (χ4v) is 5.88. The molecule has 0 fully saturated rings. The fraction of sp³-hybridized carbons (Fsp3) is 0.375. The molecule has 214 valence electrons. The molecule has 0 spiro atoms. The second-order valence-electron chi connectivity index (χ2n) is 10.5. The molecule has 8 heteroatoms. The van der Waals surface area contributed by atoms with Crippen LogP contribution in [0.3, 0.4) is 0 Å². The van der Waals surface area contributed by atoms with Crippen molar-refractivity contribution in [2.24, 2.45) is 0 Å². The monoisotopic (exact) mass is 563 g/mol. The largest absolute Gasteiger partial charge is 0.352 e. The van der Waals surface area contributed by atoms with Crippen LogP contribution < -0.4 is 9.62 Å². The minimum absolute atomic E-state index is 0.0563. The number of amides is 2. The number of carbonyl (C=O) groups excluding carboxylic acids is 2. The number of hydrogen-bond acceptors (Lipinski definition) is 4. The van der Waals surface area contributed by atoms with Gasteiger partial charge in [0.1, 0.15) is 12.6 Å². The Labute approximate surface area is 239 Å². The summed E-state index contributed by atoms with van der Waals surface area (Å²) in [6.07, 6.45) is 0.749. The van der Waals surface area contributed by atoms with Crippen LogP contribution in [0, 0.1) is 27.7 Å². The highest BCUT2D eigenvalue weighted by atomic mass is 32.2. The standard InChI is InChI=1S/C32H41N3O4S/c1-8-25(5)33-32(37)27(7)34(20-28-13-9-11-23(3)19-28)31(36)21-35(30-14-10-12-24(4)26(30)6)40(38,39)29-17-15-22(2)16-18-29/h9-19,25,27H,8,20-21H2,1-7H3,(H,33,37)/t25-,27-/m1/s1. The van der Waals surface area contributed by atoms with E-state index in [9.17, 15) is 18.0 Å². The zero-order chi connectivity index (χ0) is 29.6. The van der Waals surface area contributed by atoms with Crippen molar-refractivity contribution in [1.29, 1.82) is 0 Å². The van der Waals surface area contributed by atoms with Crippen molar-refractivity contribution in [1.82, 2.24) is 10.2 Å². The summed E-state index contributed by atoms with van der Waals surface area (Å²) in [4.78, 5) is 28.8. The van der Waals surface area contributed by atoms with E-state index in [1.165, 1.54) is 9.21 Å². The summed E-state index contributed by atoms with van der Waals surface area (Å²) in [6, 6.07) is 18.8. The number of hydrogen-bond donors (Lipinski definition) is 1. The smallest absolute Gasteiger partial charge is 0.264 e. The summed E-state index contributed by atoms with van der Waals surface area (Å²) < 4.78 is 29.2. The molecule has 0 radical (unpaired) electrons. The first kappa shape index (κ1) is 30.9. The van der Waals surface area contributed by atoms with Gasteiger partial charge in [-0.2, -0.15) is 0 Å². The third-order valence-corrected chi connectivity index (χ3v) is 9.11. The Morgan fingerprint density at radius 1 is 0.875 bits per heavy atom. The van der Waals surface area contributed by atoms with Crippen molar-refractivity contribution in [3.05, 3.63) is 94.5 Å². The molecule has 0 bridgehead atoms. The number of sulfonamides is 1. The van der Waals surface area contributed by atoms with Crippen molar-refractivity contribution in [3.8, 4) is 0 Å². The molecule has 3 rings (SSSR count). The number of aryl methyl sites for hydroxylation is 3. The molecule has 0 unspecified atom stereocenters. The highest BCUT2D eigenvalue weighted by Gasteiger charge is 2.33. The SMILES string of the molecule is CC[C@@H](C)NC(=O)[C@@H](C)N(Cc1cccc(C)c1)C(=O)CN(c1cccc(C)c1C)S(=O)(=O)c1ccc(C)cc1. The van der Waals surface area contributed by atoms with E-state index in [2.05, 4.69) is 5.32 Å². The topological polar surface area (TPSA) is 86.8 Å². The predicted octanol–water partition coefficient (Wildman–Crippen LogP) is 5.45. The highest BCUT2D eigenvalue weighted by Crippen LogP contribution is 2.29. The molecular weight excluding hydrogens is 522 g/mol. The molecule has 0 heterocycles. The van der Waals surface area contributed by atoms with E-state index < -0.39 is 28.5 Å². The first-order valence-corrected chi connectivity index (χ1v) is 15.1. The second kappa shape index (κ2) is 13.1. The number of carbonyl (C=O) groups is 2. The first-order chi connectivity index (χ1) is 18.8. The lowest BCUT2D eigenvalue weighted by Gasteiger charge is -2.33. The van der Waals surface area contributed by atoms with E-state index in [4.69, 9.17) is 0 Å². The average Bonchev–Trinajstić information content (AvgIpc) is 2.91. The normalized spacial score (nSPS) is 12.9. The van der Waals surface area contributed by atoms with Gasteiger partial charge in [-0.3, -0.25) is 13.9 Å². The minimum atomic E-state index is -4.10. The van der Waals surface area contributed by atoms with Gasteiger partial charge in [-0.1, -0.05) is 66.6 Å². The summed E-state index contributed by atoms with van der Waals surface area (Å²) in [5.41, 5.74) is 4.92. The van der Waals surface area contributed by atoms with Gasteiger partial charge < -0.3 is 10.2 Å². The van der Waals surface area contributed by atoms with Crippen molar-refractivity contribution < 1.29 is 18.0 Å². The quantitative estimate of drug-likeness (QED) is 0.336. The summed E-state index contributed by atoms with van der Waals surface area (Å²) in [5.74, 6) is -0.750. The van der Waals surface area contributed by atoms with Crippen molar-refractivity contribution >= 4 is 27.5 Å². The lowest BCUT2D eigenvalue weighted by Crippen LogP contribution is -2.52. The van der Waals surface area contributed by atoms with Crippen LogP contribution in [0.4, 0.5) is 5.69 Å². The van der Waals surface area contributed by atoms with E-state index in [0.717, 1.165) is 34.2 Å². The molecule has 0 aliphatic heterocycles. The third kappa shape index (κ3) is 7.30. The van der Waals surface area contributed by atoms with E-state index in [-0.39, 0.29) is 23.4 Å². The zero-order valence-corrected chi connectivity index (χ0v) is 25.4. The first-order valence-electron chi connectivity index (χ1n) is 13.7. The maximum atomic E-state index is 14.1. The number of benzene rings is 3. The maximum absolute atomic E-state index is 14.1. The van der Waals surface area contributed by atoms with Crippen LogP contribution in [0.15, 0.2) is 71.6 Å². The molecule has 0 aliphatic carbocycles. The number of rotatable bonds is 11. The zero-order valence-electron chi connectivity index (χ0n) is 24.6. The van der Waals surface area contributed by atoms with E-state index in [1.54, 1.807) is 43.3 Å². The predicted molar refractivity (Wildman–Crippen MR) is 161 cm³/mol. The Morgan fingerprint density at radius 3 is 2.15 bits per heavy atom. The Balaban J connectivity index is 2.07. The van der Waals surface area contributed by atoms with Gasteiger partial charge in [0, 0.05) is 12.6 Å². The van der Waals surface area contributed by atoms with Crippen LogP contribution in [-0.4, -0.2) is 43.8 Å². The van der Waals surface area contributed by atoms with Gasteiger partial charge in [0.05, 0.1) is 10.6 Å². The molecule has 2 amide bonds. The Kier molecular flexibility index (Phi) is 10.1. The Hall–Kier alpha value is -3.65. The van der Waals surface area contributed by atoms with Crippen LogP contribution >= 0.6 is 0 Å². The summed E-state index contributed by atoms with van der Waals surface area (Å²) in [7, 11) is -4.10. The van der Waals surface area contributed by atoms with Crippen LogP contribution in [0.2, 0.25) is 0 Å². The van der Waals surface area contributed by atoms with E-state index >= 15 is 0 Å². The minimum Gasteiger partial charge on any atom is -0.352 e. The molecule has 3 aromatic rings. The number of nitrogens with one attached hydrogen (secondary N) is 1. The van der Waals surface area contributed by atoms with E-state index in [1.807, 2.05) is 71.9 Å². The molecule has 0 aliphatic rings. The van der Waals surface area contributed by atoms with Crippen LogP contribution in [-0.2, 0) is 26.2 Å². The summed E-state index contributed by atoms with van der Waals surface area (Å²) >= 11 is 0. The van der Waals surface area contributed by atoms with Crippen LogP contribution in [0.5, 0.6) is 0 Å². The summed E-state index contributed by atoms with van der Waals surface area (Å²) in [5, 5.41) is 2.96. The molecule has 3 aromatic carbocycles.